The highest BCUT2D eigenvalue weighted by Crippen LogP contribution is 2.41. The van der Waals surface area contributed by atoms with E-state index in [1.165, 1.54) is 85.6 Å². The molecular weight excluding hydrogens is 1350 g/mol. The minimum atomic E-state index is -4.39. The van der Waals surface area contributed by atoms with Crippen molar-refractivity contribution in [2.24, 2.45) is 5.11 Å². The van der Waals surface area contributed by atoms with Gasteiger partial charge in [-0.2, -0.15) is 28.5 Å². The Morgan fingerprint density at radius 3 is 1.45 bits per heavy atom. The Bertz CT molecular complexity index is 3970. The van der Waals surface area contributed by atoms with Crippen LogP contribution in [0.1, 0.15) is 199 Å². The summed E-state index contributed by atoms with van der Waals surface area (Å²) in [4.78, 5) is 59.1. The topological polar surface area (TPSA) is 236 Å². The SMILES string of the molecule is CC.CC.CC.C[C@@H](NC(=O)Cc1ccc(C2CC2)cc1)c1cc(N=N)c(NCC(F)(F)F)cn1.C[C@@H](NC(=O)Cc1ccc(C2CC2)nc1)c1cc2cnn(-c3ccc(F)cc3)c2cn1.C[C@@H](NC(=O)Cc1ccc(C2CC2)nc1)c1cc2cnn(CC(C)(F)F)c2cn1.I.[HH].[HH].[HH]. The molecule has 3 atom stereocenters. The van der Waals surface area contributed by atoms with Gasteiger partial charge in [-0.25, -0.2) is 23.4 Å². The van der Waals surface area contributed by atoms with Crippen molar-refractivity contribution in [1.29, 1.82) is 5.53 Å². The zero-order valence-electron chi connectivity index (χ0n) is 55.8. The van der Waals surface area contributed by atoms with Crippen LogP contribution in [0, 0.1) is 11.3 Å². The van der Waals surface area contributed by atoms with Crippen molar-refractivity contribution in [3.8, 4) is 5.69 Å². The van der Waals surface area contributed by atoms with Crippen molar-refractivity contribution in [1.82, 2.24) is 60.4 Å². The number of nitrogens with zero attached hydrogens (tertiary/aromatic N) is 10. The largest absolute Gasteiger partial charge is 0.405 e. The minimum Gasteiger partial charge on any atom is -0.373 e. The Labute approximate surface area is 578 Å². The van der Waals surface area contributed by atoms with E-state index >= 15 is 0 Å². The molecule has 3 aliphatic rings. The monoisotopic (exact) mass is 1440 g/mol. The first-order valence-corrected chi connectivity index (χ1v) is 32.4. The van der Waals surface area contributed by atoms with Crippen LogP contribution in [0.5, 0.6) is 0 Å². The van der Waals surface area contributed by atoms with Crippen LogP contribution in [0.25, 0.3) is 27.5 Å². The number of benzene rings is 2. The first kappa shape index (κ1) is 76.3. The molecule has 3 fully saturated rings. The molecule has 12 rings (SSSR count). The van der Waals surface area contributed by atoms with Crippen LogP contribution in [0.3, 0.4) is 0 Å². The molecule has 2 aromatic carbocycles. The number of amides is 3. The number of aromatic nitrogens is 9. The van der Waals surface area contributed by atoms with E-state index < -0.39 is 31.2 Å². The van der Waals surface area contributed by atoms with Crippen LogP contribution in [-0.2, 0) is 40.2 Å². The maximum absolute atomic E-state index is 13.3. The van der Waals surface area contributed by atoms with Crippen molar-refractivity contribution < 1.29 is 45.0 Å². The Morgan fingerprint density at radius 2 is 1.00 bits per heavy atom. The van der Waals surface area contributed by atoms with Gasteiger partial charge < -0.3 is 21.3 Å². The van der Waals surface area contributed by atoms with Gasteiger partial charge in [-0.3, -0.25) is 44.0 Å². The lowest BCUT2D eigenvalue weighted by atomic mass is 10.1. The number of halogens is 7. The van der Waals surface area contributed by atoms with E-state index in [0.717, 1.165) is 57.3 Å². The van der Waals surface area contributed by atoms with E-state index in [0.29, 0.717) is 40.0 Å². The number of carbonyl (C=O) groups is 3. The molecule has 0 unspecified atom stereocenters. The second-order valence-electron chi connectivity index (χ2n) is 23.1. The van der Waals surface area contributed by atoms with Gasteiger partial charge in [0.05, 0.1) is 108 Å². The normalized spacial score (nSPS) is 14.0. The number of carbonyl (C=O) groups excluding carboxylic acids is 3. The zero-order chi connectivity index (χ0) is 69.0. The molecule has 5 N–H and O–H groups in total. The molecule has 18 nitrogen and oxygen atoms in total. The lowest BCUT2D eigenvalue weighted by Crippen LogP contribution is -2.28. The van der Waals surface area contributed by atoms with Gasteiger partial charge in [-0.05, 0) is 142 Å². The summed E-state index contributed by atoms with van der Waals surface area (Å²) in [5, 5.41) is 24.2. The molecule has 0 aliphatic heterocycles. The highest BCUT2D eigenvalue weighted by Gasteiger charge is 2.29. The number of hydrogen-bond acceptors (Lipinski definition) is 13. The molecule has 25 heteroatoms. The first-order valence-electron chi connectivity index (χ1n) is 32.4. The van der Waals surface area contributed by atoms with E-state index in [4.69, 9.17) is 5.53 Å². The molecule has 3 amide bonds. The molecule has 9 aromatic rings. The van der Waals surface area contributed by atoms with Crippen LogP contribution >= 0.6 is 24.0 Å². The minimum absolute atomic E-state index is 0. The van der Waals surface area contributed by atoms with E-state index in [1.807, 2.05) is 97.9 Å². The average molecular weight is 1440 g/mol. The van der Waals surface area contributed by atoms with Gasteiger partial charge in [0, 0.05) is 57.6 Å². The van der Waals surface area contributed by atoms with Crippen LogP contribution in [0.4, 0.5) is 37.7 Å². The summed E-state index contributed by atoms with van der Waals surface area (Å²) < 4.78 is 79.8. The van der Waals surface area contributed by atoms with Gasteiger partial charge in [0.2, 0.25) is 17.7 Å². The predicted molar refractivity (Wildman–Crippen MR) is 378 cm³/mol. The highest BCUT2D eigenvalue weighted by molar-refractivity contribution is 14.0. The van der Waals surface area contributed by atoms with E-state index in [9.17, 15) is 40.7 Å². The Hall–Kier alpha value is -8.75. The molecular formula is C71H92F6IN15O3. The Morgan fingerprint density at radius 1 is 0.562 bits per heavy atom. The van der Waals surface area contributed by atoms with Crippen LogP contribution in [0.2, 0.25) is 0 Å². The van der Waals surface area contributed by atoms with Crippen LogP contribution in [0.15, 0.2) is 139 Å². The number of alkyl halides is 5. The fraction of sp³-hybridized carbons (Fsp3) is 0.408. The summed E-state index contributed by atoms with van der Waals surface area (Å²) >= 11 is 0. The summed E-state index contributed by atoms with van der Waals surface area (Å²) in [6.45, 7) is 16.6. The zero-order valence-corrected chi connectivity index (χ0v) is 58.1. The molecule has 0 bridgehead atoms. The molecule has 0 spiro atoms. The highest BCUT2D eigenvalue weighted by atomic mass is 127. The molecule has 7 aromatic heterocycles. The molecule has 96 heavy (non-hydrogen) atoms. The summed E-state index contributed by atoms with van der Waals surface area (Å²) in [5.41, 5.74) is 17.3. The average Bonchev–Trinajstić information content (AvgIpc) is 1.67. The number of anilines is 1. The van der Waals surface area contributed by atoms with Gasteiger partial charge in [0.1, 0.15) is 24.6 Å². The van der Waals surface area contributed by atoms with Crippen LogP contribution < -0.4 is 21.3 Å². The smallest absolute Gasteiger partial charge is 0.373 e. The van der Waals surface area contributed by atoms with Gasteiger partial charge in [0.15, 0.2) is 0 Å². The third-order valence-corrected chi connectivity index (χ3v) is 15.3. The van der Waals surface area contributed by atoms with Gasteiger partial charge >= 0.3 is 6.18 Å². The standard InChI is InChI=1S/C24H22FN5O.C21H23F2N5O.C20H22F3N5O.3C2H6.HI.3H2/c1-15(29-24(31)10-16-2-9-21(26-12-16)17-3-4-17)22-11-18-13-28-30(23(18)14-27-22)20-7-5-19(25)6-8-20;1-13(27-20(29)7-14-3-6-17(24-9-14)15-4-5-15)18-8-16-10-26-28(12-21(2,22)23)19(16)11-25-18;1-12(16-9-17(28-24)18(10-25-16)26-11-20(21,22)23)27-19(29)8-13-2-4-14(5-3-13)15-6-7-15;3*1-2;;;;/h2,5-9,11-15,17H,3-4,10H2,1H3,(H,29,31);3,6,8-11,13,15H,4-5,7,12H2,1-2H3,(H,27,29);2-5,9-10,12,15,24,26H,6-8,11H2,1H3,(H,27,29);3*1-2H3;4*1H/t15-;13-;12-;;;;;;;/m111......./s1. The fourth-order valence-electron chi connectivity index (χ4n) is 10.0. The third-order valence-electron chi connectivity index (χ3n) is 15.3. The van der Waals surface area contributed by atoms with Crippen molar-refractivity contribution in [3.05, 3.63) is 191 Å². The van der Waals surface area contributed by atoms with Crippen molar-refractivity contribution >= 4 is 74.9 Å². The van der Waals surface area contributed by atoms with E-state index in [2.05, 4.69) is 73.6 Å². The molecule has 518 valence electrons. The second kappa shape index (κ2) is 35.8. The summed E-state index contributed by atoms with van der Waals surface area (Å²) in [6, 6.07) is 26.1. The second-order valence-corrected chi connectivity index (χ2v) is 23.1. The number of hydrogen-bond donors (Lipinski definition) is 5. The first-order chi connectivity index (χ1) is 45.6. The lowest BCUT2D eigenvalue weighted by molar-refractivity contribution is -0.122. The maximum Gasteiger partial charge on any atom is 0.405 e. The molecule has 3 saturated carbocycles. The van der Waals surface area contributed by atoms with Gasteiger partial charge in [0.25, 0.3) is 5.92 Å². The fourth-order valence-corrected chi connectivity index (χ4v) is 10.0. The summed E-state index contributed by atoms with van der Waals surface area (Å²) in [7, 11) is 0. The van der Waals surface area contributed by atoms with E-state index in [1.54, 1.807) is 54.6 Å². The van der Waals surface area contributed by atoms with Crippen LogP contribution in [-0.4, -0.2) is 80.8 Å². The third kappa shape index (κ3) is 23.0. The molecule has 0 saturated heterocycles. The Kier molecular flexibility index (Phi) is 28.5. The quantitative estimate of drug-likeness (QED) is 0.0258. The number of nitrogens with one attached hydrogen (secondary N) is 5. The van der Waals surface area contributed by atoms with Gasteiger partial charge in [-0.15, -0.1) is 24.0 Å². The number of fused-ring (bicyclic) bond motifs is 2. The van der Waals surface area contributed by atoms with Gasteiger partial charge in [-0.1, -0.05) is 77.9 Å². The maximum atomic E-state index is 13.3. The number of rotatable bonds is 21. The van der Waals surface area contributed by atoms with E-state index in [-0.39, 0.29) is 94.5 Å². The molecule has 3 aliphatic carbocycles. The predicted octanol–water partition coefficient (Wildman–Crippen LogP) is 17.5. The molecule has 7 heterocycles. The Balaban J connectivity index is 0.000000365. The lowest BCUT2D eigenvalue weighted by Gasteiger charge is -2.16. The van der Waals surface area contributed by atoms with Crippen molar-refractivity contribution in [3.63, 3.8) is 0 Å². The number of pyridine rings is 5. The summed E-state index contributed by atoms with van der Waals surface area (Å²) in [5.74, 6) is -1.68. The molecule has 0 radical (unpaired) electrons. The van der Waals surface area contributed by atoms with Crippen molar-refractivity contribution in [2.45, 2.75) is 182 Å². The summed E-state index contributed by atoms with van der Waals surface area (Å²) in [6.07, 6.45) is 14.9. The van der Waals surface area contributed by atoms with Crippen molar-refractivity contribution in [2.75, 3.05) is 11.9 Å².